The lowest BCUT2D eigenvalue weighted by Gasteiger charge is -2.42. The second-order valence-corrected chi connectivity index (χ2v) is 6.70. The fourth-order valence-corrected chi connectivity index (χ4v) is 3.95. The minimum atomic E-state index is -0.928. The Labute approximate surface area is 132 Å². The van der Waals surface area contributed by atoms with E-state index in [-0.39, 0.29) is 18.7 Å². The summed E-state index contributed by atoms with van der Waals surface area (Å²) in [6.45, 7) is 5.07. The Morgan fingerprint density at radius 2 is 2.00 bits per heavy atom. The minimum Gasteiger partial charge on any atom is -0.455 e. The SMILES string of the molecule is CC[C@](CO)(C(=O)O[C@H]1C[NH+]2CCC1CC2)c1ccccc1. The predicted octanol–water partition coefficient (Wildman–Crippen LogP) is 0.547. The van der Waals surface area contributed by atoms with E-state index in [4.69, 9.17) is 4.74 Å². The molecule has 1 aromatic carbocycles. The van der Waals surface area contributed by atoms with E-state index in [1.54, 1.807) is 4.90 Å². The van der Waals surface area contributed by atoms with Gasteiger partial charge in [0.2, 0.25) is 0 Å². The molecule has 2 N–H and O–H groups in total. The molecule has 0 saturated carbocycles. The molecular weight excluding hydrogens is 278 g/mol. The van der Waals surface area contributed by atoms with E-state index in [0.29, 0.717) is 12.3 Å². The molecule has 0 spiro atoms. The van der Waals surface area contributed by atoms with Gasteiger partial charge in [-0.1, -0.05) is 37.3 Å². The van der Waals surface area contributed by atoms with Gasteiger partial charge < -0.3 is 14.7 Å². The zero-order valence-corrected chi connectivity index (χ0v) is 13.3. The van der Waals surface area contributed by atoms with Crippen LogP contribution in [0.1, 0.15) is 31.7 Å². The number of quaternary nitrogens is 1. The van der Waals surface area contributed by atoms with Crippen molar-refractivity contribution >= 4 is 5.97 Å². The standard InChI is InChI=1S/C18H25NO3/c1-2-18(13-20,15-6-4-3-5-7-15)17(21)22-16-12-19-10-8-14(16)9-11-19/h3-7,14,16,20H,2,8-13H2,1H3/p+1/t16-,18+/m0/s1. The molecule has 2 atom stereocenters. The van der Waals surface area contributed by atoms with Crippen molar-refractivity contribution in [3.8, 4) is 0 Å². The molecule has 120 valence electrons. The maximum absolute atomic E-state index is 12.9. The number of nitrogens with one attached hydrogen (secondary N) is 1. The Morgan fingerprint density at radius 3 is 2.50 bits per heavy atom. The van der Waals surface area contributed by atoms with Crippen molar-refractivity contribution in [3.63, 3.8) is 0 Å². The zero-order chi connectivity index (χ0) is 15.6. The van der Waals surface area contributed by atoms with Gasteiger partial charge in [-0.05, 0) is 12.0 Å². The van der Waals surface area contributed by atoms with Crippen molar-refractivity contribution < 1.29 is 19.5 Å². The normalized spacial score (nSPS) is 29.8. The van der Waals surface area contributed by atoms with Gasteiger partial charge in [0, 0.05) is 18.8 Å². The van der Waals surface area contributed by atoms with Crippen LogP contribution in [0.2, 0.25) is 0 Å². The molecule has 4 rings (SSSR count). The van der Waals surface area contributed by atoms with E-state index in [0.717, 1.165) is 24.9 Å². The van der Waals surface area contributed by atoms with E-state index in [2.05, 4.69) is 0 Å². The summed E-state index contributed by atoms with van der Waals surface area (Å²) in [6, 6.07) is 9.54. The fourth-order valence-electron chi connectivity index (χ4n) is 3.95. The number of esters is 1. The molecule has 1 aromatic rings. The number of fused-ring (bicyclic) bond motifs is 3. The van der Waals surface area contributed by atoms with Gasteiger partial charge in [0.1, 0.15) is 12.0 Å². The highest BCUT2D eigenvalue weighted by atomic mass is 16.5. The Balaban J connectivity index is 1.78. The van der Waals surface area contributed by atoms with Crippen LogP contribution in [0, 0.1) is 5.92 Å². The van der Waals surface area contributed by atoms with Gasteiger partial charge in [-0.15, -0.1) is 0 Å². The van der Waals surface area contributed by atoms with Crippen molar-refractivity contribution in [2.45, 2.75) is 37.7 Å². The number of aliphatic hydroxyl groups excluding tert-OH is 1. The molecule has 3 heterocycles. The third-order valence-corrected chi connectivity index (χ3v) is 5.60. The summed E-state index contributed by atoms with van der Waals surface area (Å²) in [5.41, 5.74) is -0.0820. The average molecular weight is 304 g/mol. The second kappa shape index (κ2) is 6.39. The summed E-state index contributed by atoms with van der Waals surface area (Å²) in [6.07, 6.45) is 2.86. The maximum Gasteiger partial charge on any atom is 0.319 e. The molecule has 3 aliphatic heterocycles. The highest BCUT2D eigenvalue weighted by molar-refractivity contribution is 5.83. The number of benzene rings is 1. The summed E-state index contributed by atoms with van der Waals surface area (Å²) >= 11 is 0. The number of rotatable bonds is 5. The van der Waals surface area contributed by atoms with Crippen molar-refractivity contribution in [2.75, 3.05) is 26.2 Å². The monoisotopic (exact) mass is 304 g/mol. The van der Waals surface area contributed by atoms with E-state index in [1.807, 2.05) is 37.3 Å². The number of carbonyl (C=O) groups is 1. The lowest BCUT2D eigenvalue weighted by atomic mass is 9.78. The van der Waals surface area contributed by atoms with Crippen molar-refractivity contribution in [1.29, 1.82) is 0 Å². The van der Waals surface area contributed by atoms with Crippen molar-refractivity contribution in [1.82, 2.24) is 0 Å². The van der Waals surface area contributed by atoms with E-state index in [1.165, 1.54) is 13.1 Å². The number of aliphatic hydroxyl groups is 1. The smallest absolute Gasteiger partial charge is 0.319 e. The number of carbonyl (C=O) groups excluding carboxylic acids is 1. The van der Waals surface area contributed by atoms with Crippen LogP contribution in [-0.2, 0) is 14.9 Å². The number of ether oxygens (including phenoxy) is 1. The first-order chi connectivity index (χ1) is 10.7. The van der Waals surface area contributed by atoms with Crippen LogP contribution in [0.15, 0.2) is 30.3 Å². The molecule has 0 aliphatic carbocycles. The van der Waals surface area contributed by atoms with Gasteiger partial charge in [-0.25, -0.2) is 0 Å². The molecule has 2 bridgehead atoms. The summed E-state index contributed by atoms with van der Waals surface area (Å²) in [7, 11) is 0. The largest absolute Gasteiger partial charge is 0.455 e. The topological polar surface area (TPSA) is 51.0 Å². The molecule has 0 unspecified atom stereocenters. The molecule has 3 fully saturated rings. The third-order valence-electron chi connectivity index (χ3n) is 5.60. The highest BCUT2D eigenvalue weighted by Crippen LogP contribution is 2.31. The Kier molecular flexibility index (Phi) is 4.50. The Hall–Kier alpha value is -1.39. The molecule has 0 radical (unpaired) electrons. The third kappa shape index (κ3) is 2.66. The lowest BCUT2D eigenvalue weighted by Crippen LogP contribution is -3.16. The molecule has 3 aliphatic rings. The van der Waals surface area contributed by atoms with Gasteiger partial charge in [0.05, 0.1) is 19.7 Å². The molecule has 4 heteroatoms. The van der Waals surface area contributed by atoms with Gasteiger partial charge in [0.15, 0.2) is 6.10 Å². The van der Waals surface area contributed by atoms with Gasteiger partial charge >= 0.3 is 5.97 Å². The van der Waals surface area contributed by atoms with Crippen LogP contribution >= 0.6 is 0 Å². The highest BCUT2D eigenvalue weighted by Gasteiger charge is 2.45. The summed E-state index contributed by atoms with van der Waals surface area (Å²) in [4.78, 5) is 14.4. The number of hydrogen-bond acceptors (Lipinski definition) is 3. The van der Waals surface area contributed by atoms with Crippen LogP contribution in [-0.4, -0.2) is 43.4 Å². The quantitative estimate of drug-likeness (QED) is 0.781. The van der Waals surface area contributed by atoms with Crippen LogP contribution in [0.3, 0.4) is 0 Å². The Bertz CT molecular complexity index is 504. The Morgan fingerprint density at radius 1 is 1.32 bits per heavy atom. The molecule has 0 aromatic heterocycles. The first-order valence-corrected chi connectivity index (χ1v) is 8.40. The fraction of sp³-hybridized carbons (Fsp3) is 0.611. The van der Waals surface area contributed by atoms with E-state index in [9.17, 15) is 9.90 Å². The summed E-state index contributed by atoms with van der Waals surface area (Å²) < 4.78 is 5.91. The molecule has 22 heavy (non-hydrogen) atoms. The van der Waals surface area contributed by atoms with Gasteiger partial charge in [-0.3, -0.25) is 4.79 Å². The zero-order valence-electron chi connectivity index (χ0n) is 13.3. The molecule has 0 amide bonds. The first kappa shape index (κ1) is 15.5. The van der Waals surface area contributed by atoms with Gasteiger partial charge in [-0.2, -0.15) is 0 Å². The maximum atomic E-state index is 12.9. The molecular formula is C18H26NO3+. The first-order valence-electron chi connectivity index (χ1n) is 8.40. The summed E-state index contributed by atoms with van der Waals surface area (Å²) in [5, 5.41) is 9.96. The van der Waals surface area contributed by atoms with Gasteiger partial charge in [0.25, 0.3) is 0 Å². The minimum absolute atomic E-state index is 0.0196. The molecule has 4 nitrogen and oxygen atoms in total. The van der Waals surface area contributed by atoms with Crippen LogP contribution < -0.4 is 4.90 Å². The van der Waals surface area contributed by atoms with Crippen LogP contribution in [0.25, 0.3) is 0 Å². The number of hydrogen-bond donors (Lipinski definition) is 2. The predicted molar refractivity (Wildman–Crippen MR) is 83.7 cm³/mol. The van der Waals surface area contributed by atoms with Crippen molar-refractivity contribution in [3.05, 3.63) is 35.9 Å². The van der Waals surface area contributed by atoms with Crippen LogP contribution in [0.5, 0.6) is 0 Å². The van der Waals surface area contributed by atoms with E-state index >= 15 is 0 Å². The average Bonchev–Trinajstić information content (AvgIpc) is 2.58. The van der Waals surface area contributed by atoms with E-state index < -0.39 is 5.41 Å². The van der Waals surface area contributed by atoms with Crippen LogP contribution in [0.4, 0.5) is 0 Å². The second-order valence-electron chi connectivity index (χ2n) is 6.70. The summed E-state index contributed by atoms with van der Waals surface area (Å²) in [5.74, 6) is 0.243. The van der Waals surface area contributed by atoms with Crippen molar-refractivity contribution in [2.24, 2.45) is 5.92 Å². The molecule has 3 saturated heterocycles. The number of piperidine rings is 3. The lowest BCUT2D eigenvalue weighted by molar-refractivity contribution is -0.920.